The van der Waals surface area contributed by atoms with Crippen LogP contribution < -0.4 is 0 Å². The van der Waals surface area contributed by atoms with E-state index in [9.17, 15) is 9.90 Å². The van der Waals surface area contributed by atoms with Crippen LogP contribution in [-0.2, 0) is 4.79 Å². The molecule has 0 radical (unpaired) electrons. The Morgan fingerprint density at radius 3 is 2.33 bits per heavy atom. The molecule has 1 heterocycles. The van der Waals surface area contributed by atoms with Gasteiger partial charge in [-0.05, 0) is 45.2 Å². The van der Waals surface area contributed by atoms with Crippen molar-refractivity contribution in [2.75, 3.05) is 13.1 Å². The molecule has 2 N–H and O–H groups in total. The van der Waals surface area contributed by atoms with E-state index in [1.807, 2.05) is 18.7 Å². The van der Waals surface area contributed by atoms with Crippen molar-refractivity contribution in [3.05, 3.63) is 0 Å². The molecule has 1 fully saturated rings. The largest absolute Gasteiger partial charge is 0.480 e. The van der Waals surface area contributed by atoms with Crippen LogP contribution in [0.3, 0.4) is 0 Å². The van der Waals surface area contributed by atoms with Crippen molar-refractivity contribution in [3.63, 3.8) is 0 Å². The van der Waals surface area contributed by atoms with Crippen molar-refractivity contribution < 1.29 is 15.0 Å². The first-order chi connectivity index (χ1) is 7.06. The van der Waals surface area contributed by atoms with E-state index in [4.69, 9.17) is 5.11 Å². The Hall–Kier alpha value is -0.610. The van der Waals surface area contributed by atoms with Gasteiger partial charge >= 0.3 is 5.97 Å². The zero-order valence-electron chi connectivity index (χ0n) is 9.52. The fourth-order valence-electron chi connectivity index (χ4n) is 2.30. The molecule has 4 heteroatoms. The number of carboxylic acid groups (broad SMARTS) is 1. The summed E-state index contributed by atoms with van der Waals surface area (Å²) in [4.78, 5) is 13.0. The standard InChI is InChI=1S/C11H21NO3/c1-3-10(11(14)15)12-6-4-9(5-7-12)8(2)13/h8-10,13H,3-7H2,1-2H3,(H,14,15)/t8-,10-/m0/s1. The van der Waals surface area contributed by atoms with Crippen LogP contribution in [0.25, 0.3) is 0 Å². The summed E-state index contributed by atoms with van der Waals surface area (Å²) in [7, 11) is 0. The van der Waals surface area contributed by atoms with Gasteiger partial charge in [-0.1, -0.05) is 6.92 Å². The van der Waals surface area contributed by atoms with Gasteiger partial charge in [-0.25, -0.2) is 0 Å². The molecule has 88 valence electrons. The molecular formula is C11H21NO3. The van der Waals surface area contributed by atoms with Gasteiger partial charge in [0.2, 0.25) is 0 Å². The lowest BCUT2D eigenvalue weighted by Gasteiger charge is -2.36. The monoisotopic (exact) mass is 215 g/mol. The fourth-order valence-corrected chi connectivity index (χ4v) is 2.30. The summed E-state index contributed by atoms with van der Waals surface area (Å²) in [5, 5.41) is 18.4. The highest BCUT2D eigenvalue weighted by atomic mass is 16.4. The second kappa shape index (κ2) is 5.47. The minimum absolute atomic E-state index is 0.267. The topological polar surface area (TPSA) is 60.8 Å². The van der Waals surface area contributed by atoms with Crippen molar-refractivity contribution in [1.29, 1.82) is 0 Å². The molecule has 0 spiro atoms. The van der Waals surface area contributed by atoms with E-state index in [0.717, 1.165) is 25.9 Å². The average Bonchev–Trinajstić information content (AvgIpc) is 2.19. The first kappa shape index (κ1) is 12.5. The number of nitrogens with zero attached hydrogens (tertiary/aromatic N) is 1. The lowest BCUT2D eigenvalue weighted by Crippen LogP contribution is -2.46. The number of aliphatic hydroxyl groups is 1. The van der Waals surface area contributed by atoms with Crippen molar-refractivity contribution in [2.24, 2.45) is 5.92 Å². The normalized spacial score (nSPS) is 23.7. The summed E-state index contributed by atoms with van der Waals surface area (Å²) in [5.41, 5.74) is 0. The van der Waals surface area contributed by atoms with Crippen molar-refractivity contribution >= 4 is 5.97 Å². The third kappa shape index (κ3) is 3.18. The van der Waals surface area contributed by atoms with Crippen molar-refractivity contribution in [3.8, 4) is 0 Å². The predicted molar refractivity (Wildman–Crippen MR) is 57.7 cm³/mol. The maximum Gasteiger partial charge on any atom is 0.320 e. The Bertz CT molecular complexity index is 210. The average molecular weight is 215 g/mol. The first-order valence-corrected chi connectivity index (χ1v) is 5.71. The summed E-state index contributed by atoms with van der Waals surface area (Å²) in [6.45, 7) is 5.30. The van der Waals surface area contributed by atoms with E-state index >= 15 is 0 Å². The number of likely N-dealkylation sites (tertiary alicyclic amines) is 1. The number of carboxylic acids is 1. The quantitative estimate of drug-likeness (QED) is 0.732. The molecule has 0 unspecified atom stereocenters. The minimum Gasteiger partial charge on any atom is -0.480 e. The van der Waals surface area contributed by atoms with E-state index in [2.05, 4.69) is 0 Å². The van der Waals surface area contributed by atoms with Gasteiger partial charge in [0.1, 0.15) is 6.04 Å². The number of aliphatic hydroxyl groups excluding tert-OH is 1. The Morgan fingerprint density at radius 1 is 1.47 bits per heavy atom. The molecule has 0 amide bonds. The molecular weight excluding hydrogens is 194 g/mol. The zero-order chi connectivity index (χ0) is 11.4. The van der Waals surface area contributed by atoms with E-state index in [1.54, 1.807) is 0 Å². The van der Waals surface area contributed by atoms with Crippen LogP contribution in [0.15, 0.2) is 0 Å². The lowest BCUT2D eigenvalue weighted by molar-refractivity contribution is -0.144. The number of hydrogen-bond donors (Lipinski definition) is 2. The minimum atomic E-state index is -0.729. The van der Waals surface area contributed by atoms with Crippen LogP contribution in [0.4, 0.5) is 0 Å². The summed E-state index contributed by atoms with van der Waals surface area (Å²) >= 11 is 0. The van der Waals surface area contributed by atoms with Gasteiger partial charge in [-0.15, -0.1) is 0 Å². The molecule has 4 nitrogen and oxygen atoms in total. The van der Waals surface area contributed by atoms with Crippen LogP contribution in [0.2, 0.25) is 0 Å². The molecule has 0 aromatic heterocycles. The Kier molecular flexibility index (Phi) is 4.54. The predicted octanol–water partition coefficient (Wildman–Crippen LogP) is 0.942. The van der Waals surface area contributed by atoms with Gasteiger partial charge in [-0.2, -0.15) is 0 Å². The van der Waals surface area contributed by atoms with Gasteiger partial charge in [0, 0.05) is 0 Å². The summed E-state index contributed by atoms with van der Waals surface area (Å²) in [5.74, 6) is -0.388. The Labute approximate surface area is 90.9 Å². The molecule has 2 atom stereocenters. The van der Waals surface area contributed by atoms with Gasteiger partial charge < -0.3 is 10.2 Å². The van der Waals surface area contributed by atoms with E-state index in [1.165, 1.54) is 0 Å². The lowest BCUT2D eigenvalue weighted by atomic mass is 9.91. The maximum absolute atomic E-state index is 11.0. The maximum atomic E-state index is 11.0. The summed E-state index contributed by atoms with van der Waals surface area (Å²) < 4.78 is 0. The van der Waals surface area contributed by atoms with Crippen molar-refractivity contribution in [2.45, 2.75) is 45.3 Å². The molecule has 15 heavy (non-hydrogen) atoms. The van der Waals surface area contributed by atoms with Gasteiger partial charge in [-0.3, -0.25) is 9.69 Å². The van der Waals surface area contributed by atoms with Crippen LogP contribution in [0.5, 0.6) is 0 Å². The SMILES string of the molecule is CC[C@@H](C(=O)O)N1CCC([C@H](C)O)CC1. The van der Waals surface area contributed by atoms with Crippen LogP contribution >= 0.6 is 0 Å². The fraction of sp³-hybridized carbons (Fsp3) is 0.909. The third-order valence-electron chi connectivity index (χ3n) is 3.37. The molecule has 0 bridgehead atoms. The molecule has 0 saturated carbocycles. The van der Waals surface area contributed by atoms with Crippen LogP contribution in [-0.4, -0.2) is 46.3 Å². The number of carbonyl (C=O) groups is 1. The second-order valence-electron chi connectivity index (χ2n) is 4.38. The van der Waals surface area contributed by atoms with E-state index in [0.29, 0.717) is 12.3 Å². The molecule has 1 aliphatic heterocycles. The van der Waals surface area contributed by atoms with Gasteiger partial charge in [0.25, 0.3) is 0 Å². The number of piperidine rings is 1. The second-order valence-corrected chi connectivity index (χ2v) is 4.38. The molecule has 1 rings (SSSR count). The molecule has 0 aromatic rings. The highest BCUT2D eigenvalue weighted by Gasteiger charge is 2.29. The van der Waals surface area contributed by atoms with Gasteiger partial charge in [0.15, 0.2) is 0 Å². The zero-order valence-corrected chi connectivity index (χ0v) is 9.52. The number of hydrogen-bond acceptors (Lipinski definition) is 3. The Morgan fingerprint density at radius 2 is 2.00 bits per heavy atom. The molecule has 0 aliphatic carbocycles. The summed E-state index contributed by atoms with van der Waals surface area (Å²) in [6, 6.07) is -0.347. The number of rotatable bonds is 4. The molecule has 0 aromatic carbocycles. The highest BCUT2D eigenvalue weighted by molar-refractivity contribution is 5.73. The number of aliphatic carboxylic acids is 1. The van der Waals surface area contributed by atoms with Gasteiger partial charge in [0.05, 0.1) is 6.10 Å². The van der Waals surface area contributed by atoms with E-state index in [-0.39, 0.29) is 12.1 Å². The highest BCUT2D eigenvalue weighted by Crippen LogP contribution is 2.22. The Balaban J connectivity index is 2.45. The van der Waals surface area contributed by atoms with E-state index < -0.39 is 5.97 Å². The smallest absolute Gasteiger partial charge is 0.320 e. The first-order valence-electron chi connectivity index (χ1n) is 5.71. The van der Waals surface area contributed by atoms with Crippen LogP contribution in [0, 0.1) is 5.92 Å². The third-order valence-corrected chi connectivity index (χ3v) is 3.37. The van der Waals surface area contributed by atoms with Crippen molar-refractivity contribution in [1.82, 2.24) is 4.90 Å². The molecule has 1 aliphatic rings. The van der Waals surface area contributed by atoms with Crippen LogP contribution in [0.1, 0.15) is 33.1 Å². The summed E-state index contributed by atoms with van der Waals surface area (Å²) in [6.07, 6.45) is 2.19. The molecule has 1 saturated heterocycles.